The maximum Gasteiger partial charge on any atom is 0.433 e. The van der Waals surface area contributed by atoms with Crippen LogP contribution in [0.5, 0.6) is 0 Å². The summed E-state index contributed by atoms with van der Waals surface area (Å²) >= 11 is 0. The van der Waals surface area contributed by atoms with Crippen LogP contribution in [0.2, 0.25) is 0 Å². The SMILES string of the molecule is CN=C(NCCNc1nccc(C(F)(F)F)n1)N(C)Cc1cccn1C. The van der Waals surface area contributed by atoms with E-state index in [1.165, 1.54) is 0 Å². The van der Waals surface area contributed by atoms with Crippen molar-refractivity contribution in [3.63, 3.8) is 0 Å². The molecule has 2 aromatic rings. The summed E-state index contributed by atoms with van der Waals surface area (Å²) in [6.07, 6.45) is -1.43. The zero-order valence-electron chi connectivity index (χ0n) is 14.9. The predicted octanol–water partition coefficient (Wildman–Crippen LogP) is 1.95. The van der Waals surface area contributed by atoms with E-state index in [-0.39, 0.29) is 5.95 Å². The minimum Gasteiger partial charge on any atom is -0.354 e. The molecule has 0 fully saturated rings. The number of aryl methyl sites for hydroxylation is 1. The zero-order valence-corrected chi connectivity index (χ0v) is 14.9. The molecule has 26 heavy (non-hydrogen) atoms. The van der Waals surface area contributed by atoms with Gasteiger partial charge in [-0.2, -0.15) is 13.2 Å². The van der Waals surface area contributed by atoms with E-state index in [0.717, 1.165) is 18.0 Å². The number of alkyl halides is 3. The minimum atomic E-state index is -4.49. The van der Waals surface area contributed by atoms with Gasteiger partial charge in [-0.15, -0.1) is 0 Å². The Morgan fingerprint density at radius 1 is 1.31 bits per heavy atom. The van der Waals surface area contributed by atoms with Crippen LogP contribution in [0, 0.1) is 0 Å². The van der Waals surface area contributed by atoms with Gasteiger partial charge in [0.05, 0.1) is 6.54 Å². The van der Waals surface area contributed by atoms with Crippen molar-refractivity contribution < 1.29 is 13.2 Å². The Kier molecular flexibility index (Phi) is 6.42. The summed E-state index contributed by atoms with van der Waals surface area (Å²) in [6.45, 7) is 1.47. The Hall–Kier alpha value is -2.78. The lowest BCUT2D eigenvalue weighted by Crippen LogP contribution is -2.40. The first kappa shape index (κ1) is 19.5. The summed E-state index contributed by atoms with van der Waals surface area (Å²) in [6, 6.07) is 4.83. The third kappa shape index (κ3) is 5.36. The van der Waals surface area contributed by atoms with Crippen LogP contribution in [0.1, 0.15) is 11.4 Å². The number of nitrogens with zero attached hydrogens (tertiary/aromatic N) is 5. The van der Waals surface area contributed by atoms with Crippen molar-refractivity contribution in [3.05, 3.63) is 42.0 Å². The molecular formula is C16H22F3N7. The lowest BCUT2D eigenvalue weighted by molar-refractivity contribution is -0.141. The number of hydrogen-bond acceptors (Lipinski definition) is 4. The number of guanidine groups is 1. The Bertz CT molecular complexity index is 739. The molecule has 0 amide bonds. The molecule has 0 unspecified atom stereocenters. The van der Waals surface area contributed by atoms with Crippen LogP contribution in [0.15, 0.2) is 35.6 Å². The number of nitrogens with one attached hydrogen (secondary N) is 2. The Morgan fingerprint density at radius 2 is 2.08 bits per heavy atom. The van der Waals surface area contributed by atoms with Crippen LogP contribution < -0.4 is 10.6 Å². The second-order valence-corrected chi connectivity index (χ2v) is 5.63. The van der Waals surface area contributed by atoms with E-state index < -0.39 is 11.9 Å². The summed E-state index contributed by atoms with van der Waals surface area (Å²) in [7, 11) is 5.55. The van der Waals surface area contributed by atoms with Crippen LogP contribution in [0.25, 0.3) is 0 Å². The average molecular weight is 369 g/mol. The number of aromatic nitrogens is 3. The van der Waals surface area contributed by atoms with Gasteiger partial charge in [0.25, 0.3) is 0 Å². The number of aliphatic imine (C=N–C) groups is 1. The number of halogens is 3. The van der Waals surface area contributed by atoms with Gasteiger partial charge in [-0.25, -0.2) is 9.97 Å². The van der Waals surface area contributed by atoms with Crippen molar-refractivity contribution in [1.82, 2.24) is 24.8 Å². The molecule has 142 valence electrons. The molecule has 0 bridgehead atoms. The van der Waals surface area contributed by atoms with E-state index in [2.05, 4.69) is 25.6 Å². The summed E-state index contributed by atoms with van der Waals surface area (Å²) in [5, 5.41) is 5.91. The smallest absolute Gasteiger partial charge is 0.354 e. The van der Waals surface area contributed by atoms with Crippen molar-refractivity contribution in [2.45, 2.75) is 12.7 Å². The van der Waals surface area contributed by atoms with Gasteiger partial charge < -0.3 is 20.1 Å². The van der Waals surface area contributed by atoms with E-state index in [9.17, 15) is 13.2 Å². The third-order valence-electron chi connectivity index (χ3n) is 3.66. The van der Waals surface area contributed by atoms with Gasteiger partial charge in [-0.3, -0.25) is 4.99 Å². The molecular weight excluding hydrogens is 347 g/mol. The molecule has 0 saturated carbocycles. The van der Waals surface area contributed by atoms with Crippen molar-refractivity contribution >= 4 is 11.9 Å². The van der Waals surface area contributed by atoms with Gasteiger partial charge in [0.1, 0.15) is 5.69 Å². The highest BCUT2D eigenvalue weighted by Gasteiger charge is 2.32. The molecule has 0 spiro atoms. The van der Waals surface area contributed by atoms with Gasteiger partial charge in [-0.1, -0.05) is 0 Å². The van der Waals surface area contributed by atoms with E-state index in [1.54, 1.807) is 7.05 Å². The van der Waals surface area contributed by atoms with Crippen molar-refractivity contribution in [1.29, 1.82) is 0 Å². The normalized spacial score (nSPS) is 12.2. The summed E-state index contributed by atoms with van der Waals surface area (Å²) in [5.74, 6) is 0.617. The van der Waals surface area contributed by atoms with Gasteiger partial charge in [0.15, 0.2) is 5.96 Å². The van der Waals surface area contributed by atoms with E-state index in [4.69, 9.17) is 0 Å². The topological polar surface area (TPSA) is 70.4 Å². The number of anilines is 1. The van der Waals surface area contributed by atoms with Crippen molar-refractivity contribution in [2.75, 3.05) is 32.5 Å². The van der Waals surface area contributed by atoms with Crippen LogP contribution in [-0.2, 0) is 19.8 Å². The molecule has 2 N–H and O–H groups in total. The molecule has 7 nitrogen and oxygen atoms in total. The molecule has 0 radical (unpaired) electrons. The fourth-order valence-corrected chi connectivity index (χ4v) is 2.31. The highest BCUT2D eigenvalue weighted by Crippen LogP contribution is 2.27. The number of rotatable bonds is 6. The van der Waals surface area contributed by atoms with Crippen molar-refractivity contribution in [2.24, 2.45) is 12.0 Å². The molecule has 0 atom stereocenters. The quantitative estimate of drug-likeness (QED) is 0.463. The summed E-state index contributed by atoms with van der Waals surface area (Å²) in [5.41, 5.74) is 0.159. The monoisotopic (exact) mass is 369 g/mol. The largest absolute Gasteiger partial charge is 0.433 e. The summed E-state index contributed by atoms with van der Waals surface area (Å²) < 4.78 is 39.9. The lowest BCUT2D eigenvalue weighted by atomic mass is 10.4. The molecule has 2 aromatic heterocycles. The molecule has 2 heterocycles. The fourth-order valence-electron chi connectivity index (χ4n) is 2.31. The van der Waals surface area contributed by atoms with Gasteiger partial charge >= 0.3 is 6.18 Å². The zero-order chi connectivity index (χ0) is 19.2. The van der Waals surface area contributed by atoms with Gasteiger partial charge in [0.2, 0.25) is 5.95 Å². The Balaban J connectivity index is 1.82. The second kappa shape index (κ2) is 8.54. The average Bonchev–Trinajstić information content (AvgIpc) is 2.99. The second-order valence-electron chi connectivity index (χ2n) is 5.63. The van der Waals surface area contributed by atoms with Crippen molar-refractivity contribution in [3.8, 4) is 0 Å². The molecule has 0 aliphatic heterocycles. The highest BCUT2D eigenvalue weighted by atomic mass is 19.4. The van der Waals surface area contributed by atoms with E-state index in [0.29, 0.717) is 25.6 Å². The Morgan fingerprint density at radius 3 is 2.69 bits per heavy atom. The van der Waals surface area contributed by atoms with Crippen LogP contribution in [0.3, 0.4) is 0 Å². The molecule has 0 saturated heterocycles. The first-order valence-corrected chi connectivity index (χ1v) is 7.97. The molecule has 0 aromatic carbocycles. The first-order valence-electron chi connectivity index (χ1n) is 7.97. The van der Waals surface area contributed by atoms with Crippen LogP contribution in [-0.4, -0.2) is 52.6 Å². The molecule has 0 aliphatic carbocycles. The maximum atomic E-state index is 12.6. The van der Waals surface area contributed by atoms with Crippen LogP contribution >= 0.6 is 0 Å². The summed E-state index contributed by atoms with van der Waals surface area (Å²) in [4.78, 5) is 13.4. The molecule has 2 rings (SSSR count). The highest BCUT2D eigenvalue weighted by molar-refractivity contribution is 5.79. The third-order valence-corrected chi connectivity index (χ3v) is 3.66. The molecule has 10 heteroatoms. The van der Waals surface area contributed by atoms with E-state index in [1.807, 2.05) is 41.9 Å². The standard InChI is InChI=1S/C16H22F3N7/c1-20-15(26(3)11-12-5-4-10-25(12)2)23-9-8-22-14-21-7-6-13(24-14)16(17,18)19/h4-7,10H,8-9,11H2,1-3H3,(H,20,23)(H,21,22,24). The fraction of sp³-hybridized carbons (Fsp3) is 0.438. The lowest BCUT2D eigenvalue weighted by Gasteiger charge is -2.22. The predicted molar refractivity (Wildman–Crippen MR) is 93.8 cm³/mol. The maximum absolute atomic E-state index is 12.6. The van der Waals surface area contributed by atoms with Gasteiger partial charge in [-0.05, 0) is 18.2 Å². The van der Waals surface area contributed by atoms with E-state index >= 15 is 0 Å². The number of hydrogen-bond donors (Lipinski definition) is 2. The molecule has 0 aliphatic rings. The van der Waals surface area contributed by atoms with Gasteiger partial charge in [0, 0.05) is 52.3 Å². The first-order chi connectivity index (χ1) is 12.3. The minimum absolute atomic E-state index is 0.0613. The Labute approximate surface area is 150 Å². The van der Waals surface area contributed by atoms with Crippen LogP contribution in [0.4, 0.5) is 19.1 Å².